The lowest BCUT2D eigenvalue weighted by Crippen LogP contribution is -2.28. The zero-order valence-corrected chi connectivity index (χ0v) is 13.0. The highest BCUT2D eigenvalue weighted by Gasteiger charge is 2.12. The predicted molar refractivity (Wildman–Crippen MR) is 86.0 cm³/mol. The number of nitrogens with one attached hydrogen (secondary N) is 2. The Morgan fingerprint density at radius 2 is 1.64 bits per heavy atom. The number of anilines is 1. The average Bonchev–Trinajstić information content (AvgIpc) is 2.52. The van der Waals surface area contributed by atoms with Crippen molar-refractivity contribution in [3.05, 3.63) is 59.7 Å². The minimum Gasteiger partial charge on any atom is -0.384 e. The number of sulfonamides is 1. The Morgan fingerprint density at radius 1 is 1.00 bits per heavy atom. The second kappa shape index (κ2) is 7.07. The van der Waals surface area contributed by atoms with E-state index < -0.39 is 10.0 Å². The zero-order valence-electron chi connectivity index (χ0n) is 12.2. The van der Waals surface area contributed by atoms with E-state index in [2.05, 4.69) is 10.0 Å². The number of hydrogen-bond donors (Lipinski definition) is 2. The molecule has 22 heavy (non-hydrogen) atoms. The van der Waals surface area contributed by atoms with Crippen molar-refractivity contribution in [1.29, 1.82) is 5.26 Å². The second-order valence-corrected chi connectivity index (χ2v) is 6.59. The van der Waals surface area contributed by atoms with E-state index in [1.54, 1.807) is 48.5 Å². The monoisotopic (exact) mass is 315 g/mol. The van der Waals surface area contributed by atoms with Gasteiger partial charge in [0.25, 0.3) is 0 Å². The Labute approximate surface area is 130 Å². The van der Waals surface area contributed by atoms with Crippen molar-refractivity contribution >= 4 is 15.7 Å². The molecule has 0 aliphatic carbocycles. The lowest BCUT2D eigenvalue weighted by molar-refractivity contribution is 0.583. The van der Waals surface area contributed by atoms with Gasteiger partial charge in [0.2, 0.25) is 10.0 Å². The lowest BCUT2D eigenvalue weighted by atomic mass is 10.2. The Balaban J connectivity index is 1.85. The Kier molecular flexibility index (Phi) is 5.15. The lowest BCUT2D eigenvalue weighted by Gasteiger charge is -2.09. The molecule has 0 aliphatic rings. The molecule has 2 N–H and O–H groups in total. The summed E-state index contributed by atoms with van der Waals surface area (Å²) in [4.78, 5) is 0.261. The van der Waals surface area contributed by atoms with Crippen LogP contribution in [-0.4, -0.2) is 21.5 Å². The van der Waals surface area contributed by atoms with Crippen molar-refractivity contribution in [3.8, 4) is 6.07 Å². The van der Waals surface area contributed by atoms with Crippen LogP contribution in [0.1, 0.15) is 11.1 Å². The quantitative estimate of drug-likeness (QED) is 0.801. The summed E-state index contributed by atoms with van der Waals surface area (Å²) >= 11 is 0. The predicted octanol–water partition coefficient (Wildman–Crippen LogP) is 2.26. The summed E-state index contributed by atoms with van der Waals surface area (Å²) in [6.07, 6.45) is 0. The third-order valence-electron chi connectivity index (χ3n) is 3.09. The molecule has 0 saturated heterocycles. The highest BCUT2D eigenvalue weighted by atomic mass is 32.2. The molecule has 0 atom stereocenters. The average molecular weight is 315 g/mol. The normalized spacial score (nSPS) is 10.9. The molecule has 6 heteroatoms. The zero-order chi connectivity index (χ0) is 16.0. The van der Waals surface area contributed by atoms with Gasteiger partial charge in [-0.3, -0.25) is 0 Å². The van der Waals surface area contributed by atoms with Crippen LogP contribution in [0.25, 0.3) is 0 Å². The molecule has 2 aromatic rings. The van der Waals surface area contributed by atoms with Crippen LogP contribution in [0.5, 0.6) is 0 Å². The summed E-state index contributed by atoms with van der Waals surface area (Å²) in [5.41, 5.74) is 2.44. The van der Waals surface area contributed by atoms with E-state index in [-0.39, 0.29) is 11.4 Å². The van der Waals surface area contributed by atoms with E-state index in [1.165, 1.54) is 0 Å². The van der Waals surface area contributed by atoms with Gasteiger partial charge in [0.1, 0.15) is 0 Å². The van der Waals surface area contributed by atoms with Crippen molar-refractivity contribution in [2.45, 2.75) is 11.8 Å². The van der Waals surface area contributed by atoms with Crippen LogP contribution in [0.3, 0.4) is 0 Å². The molecule has 2 rings (SSSR count). The molecule has 0 aromatic heterocycles. The van der Waals surface area contributed by atoms with E-state index in [0.29, 0.717) is 12.1 Å². The molecule has 0 amide bonds. The first-order valence-corrected chi connectivity index (χ1v) is 8.30. The fourth-order valence-corrected chi connectivity index (χ4v) is 2.89. The van der Waals surface area contributed by atoms with Crippen LogP contribution in [0.4, 0.5) is 5.69 Å². The van der Waals surface area contributed by atoms with Crippen LogP contribution in [-0.2, 0) is 10.0 Å². The van der Waals surface area contributed by atoms with Crippen molar-refractivity contribution in [3.63, 3.8) is 0 Å². The van der Waals surface area contributed by atoms with Gasteiger partial charge in [0.15, 0.2) is 0 Å². The van der Waals surface area contributed by atoms with Gasteiger partial charge >= 0.3 is 0 Å². The maximum absolute atomic E-state index is 12.1. The SMILES string of the molecule is Cc1ccc(S(=O)(=O)NCCNc2ccc(C#N)cc2)cc1. The molecule has 0 spiro atoms. The second-order valence-electron chi connectivity index (χ2n) is 4.83. The van der Waals surface area contributed by atoms with Gasteiger partial charge in [-0.2, -0.15) is 5.26 Å². The molecule has 0 aliphatic heterocycles. The number of aryl methyl sites for hydroxylation is 1. The van der Waals surface area contributed by atoms with Crippen molar-refractivity contribution in [2.24, 2.45) is 0 Å². The first kappa shape index (κ1) is 16.0. The maximum atomic E-state index is 12.1. The van der Waals surface area contributed by atoms with Gasteiger partial charge in [-0.25, -0.2) is 13.1 Å². The molecular formula is C16H17N3O2S. The molecule has 2 aromatic carbocycles. The third kappa shape index (κ3) is 4.32. The Hall–Kier alpha value is -2.36. The van der Waals surface area contributed by atoms with Gasteiger partial charge in [-0.05, 0) is 43.3 Å². The smallest absolute Gasteiger partial charge is 0.240 e. The minimum absolute atomic E-state index is 0.261. The van der Waals surface area contributed by atoms with Crippen molar-refractivity contribution in [2.75, 3.05) is 18.4 Å². The summed E-state index contributed by atoms with van der Waals surface area (Å²) in [5, 5.41) is 11.8. The fraction of sp³-hybridized carbons (Fsp3) is 0.188. The minimum atomic E-state index is -3.48. The van der Waals surface area contributed by atoms with Gasteiger partial charge < -0.3 is 5.32 Å². The van der Waals surface area contributed by atoms with E-state index in [9.17, 15) is 8.42 Å². The maximum Gasteiger partial charge on any atom is 0.240 e. The summed E-state index contributed by atoms with van der Waals surface area (Å²) in [6.45, 7) is 2.64. The van der Waals surface area contributed by atoms with E-state index in [1.807, 2.05) is 13.0 Å². The van der Waals surface area contributed by atoms with Crippen molar-refractivity contribution in [1.82, 2.24) is 4.72 Å². The number of rotatable bonds is 6. The Morgan fingerprint density at radius 3 is 2.23 bits per heavy atom. The summed E-state index contributed by atoms with van der Waals surface area (Å²) in [7, 11) is -3.48. The first-order valence-electron chi connectivity index (χ1n) is 6.82. The number of nitrogens with zero attached hydrogens (tertiary/aromatic N) is 1. The molecule has 0 fully saturated rings. The largest absolute Gasteiger partial charge is 0.384 e. The molecule has 0 radical (unpaired) electrons. The van der Waals surface area contributed by atoms with Gasteiger partial charge in [-0.15, -0.1) is 0 Å². The molecule has 0 saturated carbocycles. The highest BCUT2D eigenvalue weighted by Crippen LogP contribution is 2.10. The Bertz CT molecular complexity index is 761. The van der Waals surface area contributed by atoms with Gasteiger partial charge in [-0.1, -0.05) is 17.7 Å². The van der Waals surface area contributed by atoms with Gasteiger partial charge in [0, 0.05) is 18.8 Å². The van der Waals surface area contributed by atoms with Crippen molar-refractivity contribution < 1.29 is 8.42 Å². The molecule has 0 bridgehead atoms. The molecular weight excluding hydrogens is 298 g/mol. The number of nitriles is 1. The van der Waals surface area contributed by atoms with Crippen LogP contribution < -0.4 is 10.0 Å². The molecule has 5 nitrogen and oxygen atoms in total. The summed E-state index contributed by atoms with van der Waals surface area (Å²) < 4.78 is 26.7. The summed E-state index contributed by atoms with van der Waals surface area (Å²) in [5.74, 6) is 0. The topological polar surface area (TPSA) is 82.0 Å². The first-order chi connectivity index (χ1) is 10.5. The van der Waals surface area contributed by atoms with E-state index >= 15 is 0 Å². The van der Waals surface area contributed by atoms with E-state index in [0.717, 1.165) is 11.3 Å². The third-order valence-corrected chi connectivity index (χ3v) is 4.57. The number of benzene rings is 2. The van der Waals surface area contributed by atoms with E-state index in [4.69, 9.17) is 5.26 Å². The molecule has 114 valence electrons. The van der Waals surface area contributed by atoms with Gasteiger partial charge in [0.05, 0.1) is 16.5 Å². The van der Waals surface area contributed by atoms with Crippen LogP contribution in [0.15, 0.2) is 53.4 Å². The summed E-state index contributed by atoms with van der Waals surface area (Å²) in [6, 6.07) is 15.7. The fourth-order valence-electron chi connectivity index (χ4n) is 1.86. The highest BCUT2D eigenvalue weighted by molar-refractivity contribution is 7.89. The van der Waals surface area contributed by atoms with Crippen LogP contribution in [0.2, 0.25) is 0 Å². The van der Waals surface area contributed by atoms with Crippen LogP contribution in [0, 0.1) is 18.3 Å². The van der Waals surface area contributed by atoms with Crippen LogP contribution >= 0.6 is 0 Å². The molecule has 0 heterocycles. The standard InChI is InChI=1S/C16H17N3O2S/c1-13-2-8-16(9-3-13)22(20,21)19-11-10-18-15-6-4-14(12-17)5-7-15/h2-9,18-19H,10-11H2,1H3. The number of hydrogen-bond acceptors (Lipinski definition) is 4. The molecule has 0 unspecified atom stereocenters.